The van der Waals surface area contributed by atoms with Crippen molar-refractivity contribution in [2.45, 2.75) is 26.2 Å². The summed E-state index contributed by atoms with van der Waals surface area (Å²) in [5.74, 6) is 1.40. The normalized spacial score (nSPS) is 15.0. The van der Waals surface area contributed by atoms with E-state index in [1.165, 1.54) is 5.56 Å². The molecule has 0 atom stereocenters. The first-order valence-corrected chi connectivity index (χ1v) is 8.15. The number of hydrogen-bond donors (Lipinski definition) is 0. The van der Waals surface area contributed by atoms with Gasteiger partial charge < -0.3 is 18.8 Å². The van der Waals surface area contributed by atoms with Crippen LogP contribution in [0.5, 0.6) is 5.75 Å². The Hall–Kier alpha value is -2.08. The predicted octanol–water partition coefficient (Wildman–Crippen LogP) is 2.92. The molecule has 0 bridgehead atoms. The minimum absolute atomic E-state index is 0.520. The SMILES string of the molecule is CCCCc1ccc(-c2nnc(N3CCOCC3)o2)cc1OC. The zero-order valence-electron chi connectivity index (χ0n) is 13.7. The Labute approximate surface area is 136 Å². The Morgan fingerprint density at radius 1 is 1.22 bits per heavy atom. The summed E-state index contributed by atoms with van der Waals surface area (Å²) in [6.45, 7) is 5.13. The lowest BCUT2D eigenvalue weighted by Gasteiger charge is -2.24. The molecule has 0 amide bonds. The molecule has 0 radical (unpaired) electrons. The molecule has 1 fully saturated rings. The number of ether oxygens (including phenoxy) is 2. The van der Waals surface area contributed by atoms with E-state index < -0.39 is 0 Å². The highest BCUT2D eigenvalue weighted by atomic mass is 16.5. The molecule has 1 aliphatic rings. The van der Waals surface area contributed by atoms with Crippen molar-refractivity contribution in [1.29, 1.82) is 0 Å². The number of rotatable bonds is 6. The topological polar surface area (TPSA) is 60.6 Å². The predicted molar refractivity (Wildman–Crippen MR) is 87.9 cm³/mol. The van der Waals surface area contributed by atoms with E-state index in [-0.39, 0.29) is 0 Å². The summed E-state index contributed by atoms with van der Waals surface area (Å²) in [4.78, 5) is 2.05. The highest BCUT2D eigenvalue weighted by Crippen LogP contribution is 2.29. The van der Waals surface area contributed by atoms with Gasteiger partial charge in [-0.05, 0) is 30.5 Å². The van der Waals surface area contributed by atoms with Crippen LogP contribution < -0.4 is 9.64 Å². The minimum Gasteiger partial charge on any atom is -0.496 e. The Morgan fingerprint density at radius 3 is 2.78 bits per heavy atom. The highest BCUT2D eigenvalue weighted by Gasteiger charge is 2.18. The zero-order valence-corrected chi connectivity index (χ0v) is 13.7. The van der Waals surface area contributed by atoms with Gasteiger partial charge in [0.1, 0.15) is 5.75 Å². The lowest BCUT2D eigenvalue weighted by molar-refractivity contribution is 0.120. The Kier molecular flexibility index (Phi) is 5.12. The van der Waals surface area contributed by atoms with Crippen LogP contribution in [-0.4, -0.2) is 43.6 Å². The molecule has 0 saturated carbocycles. The van der Waals surface area contributed by atoms with Crippen LogP contribution in [-0.2, 0) is 11.2 Å². The average Bonchev–Trinajstić information content (AvgIpc) is 3.10. The van der Waals surface area contributed by atoms with Crippen molar-refractivity contribution in [2.24, 2.45) is 0 Å². The average molecular weight is 317 g/mol. The fourth-order valence-electron chi connectivity index (χ4n) is 2.67. The molecule has 1 aromatic heterocycles. The van der Waals surface area contributed by atoms with Gasteiger partial charge in [0.25, 0.3) is 0 Å². The van der Waals surface area contributed by atoms with Gasteiger partial charge >= 0.3 is 6.01 Å². The van der Waals surface area contributed by atoms with E-state index in [1.807, 2.05) is 17.0 Å². The quantitative estimate of drug-likeness (QED) is 0.816. The lowest BCUT2D eigenvalue weighted by Crippen LogP contribution is -2.36. The van der Waals surface area contributed by atoms with Crippen LogP contribution in [0.1, 0.15) is 25.3 Å². The van der Waals surface area contributed by atoms with E-state index in [0.717, 1.165) is 43.7 Å². The highest BCUT2D eigenvalue weighted by molar-refractivity contribution is 5.58. The second-order valence-electron chi connectivity index (χ2n) is 5.62. The summed E-state index contributed by atoms with van der Waals surface area (Å²) in [6.07, 6.45) is 3.33. The summed E-state index contributed by atoms with van der Waals surface area (Å²) in [6, 6.07) is 6.63. The van der Waals surface area contributed by atoms with Crippen LogP contribution in [0.3, 0.4) is 0 Å². The second kappa shape index (κ2) is 7.46. The number of hydrogen-bond acceptors (Lipinski definition) is 6. The van der Waals surface area contributed by atoms with Crippen LogP contribution in [0.4, 0.5) is 6.01 Å². The third-order valence-corrected chi connectivity index (χ3v) is 4.03. The maximum Gasteiger partial charge on any atom is 0.318 e. The number of aryl methyl sites for hydroxylation is 1. The number of aromatic nitrogens is 2. The van der Waals surface area contributed by atoms with E-state index >= 15 is 0 Å². The molecule has 0 spiro atoms. The maximum atomic E-state index is 5.82. The van der Waals surface area contributed by atoms with E-state index in [1.54, 1.807) is 7.11 Å². The van der Waals surface area contributed by atoms with Gasteiger partial charge in [-0.2, -0.15) is 0 Å². The molecule has 6 nitrogen and oxygen atoms in total. The lowest BCUT2D eigenvalue weighted by atomic mass is 10.0. The molecule has 6 heteroatoms. The molecule has 0 aliphatic carbocycles. The molecule has 124 valence electrons. The van der Waals surface area contributed by atoms with Crippen LogP contribution in [0.2, 0.25) is 0 Å². The fourth-order valence-corrected chi connectivity index (χ4v) is 2.67. The molecular formula is C17H23N3O3. The third kappa shape index (κ3) is 3.64. The van der Waals surface area contributed by atoms with Crippen molar-refractivity contribution in [3.8, 4) is 17.2 Å². The van der Waals surface area contributed by atoms with Gasteiger partial charge in [-0.1, -0.05) is 24.5 Å². The zero-order chi connectivity index (χ0) is 16.1. The second-order valence-corrected chi connectivity index (χ2v) is 5.62. The molecule has 0 unspecified atom stereocenters. The van der Waals surface area contributed by atoms with E-state index in [9.17, 15) is 0 Å². The molecule has 2 heterocycles. The van der Waals surface area contributed by atoms with Crippen LogP contribution in [0, 0.1) is 0 Å². The van der Waals surface area contributed by atoms with Crippen LogP contribution >= 0.6 is 0 Å². The summed E-state index contributed by atoms with van der Waals surface area (Å²) in [5.41, 5.74) is 2.10. The van der Waals surface area contributed by atoms with Crippen molar-refractivity contribution < 1.29 is 13.9 Å². The molecule has 23 heavy (non-hydrogen) atoms. The molecule has 2 aromatic rings. The molecule has 3 rings (SSSR count). The van der Waals surface area contributed by atoms with E-state index in [4.69, 9.17) is 13.9 Å². The first kappa shape index (κ1) is 15.8. The molecule has 1 saturated heterocycles. The van der Waals surface area contributed by atoms with Gasteiger partial charge in [-0.15, -0.1) is 5.10 Å². The largest absolute Gasteiger partial charge is 0.496 e. The molecular weight excluding hydrogens is 294 g/mol. The summed E-state index contributed by atoms with van der Waals surface area (Å²) in [7, 11) is 1.70. The van der Waals surface area contributed by atoms with Gasteiger partial charge in [0.15, 0.2) is 0 Å². The summed E-state index contributed by atoms with van der Waals surface area (Å²) >= 11 is 0. The Bertz CT molecular complexity index is 636. The minimum atomic E-state index is 0.520. The number of methoxy groups -OCH3 is 1. The third-order valence-electron chi connectivity index (χ3n) is 4.03. The van der Waals surface area contributed by atoms with Crippen molar-refractivity contribution >= 4 is 6.01 Å². The van der Waals surface area contributed by atoms with Crippen molar-refractivity contribution in [1.82, 2.24) is 10.2 Å². The number of benzene rings is 1. The number of anilines is 1. The molecule has 1 aromatic carbocycles. The van der Waals surface area contributed by atoms with E-state index in [0.29, 0.717) is 25.1 Å². The fraction of sp³-hybridized carbons (Fsp3) is 0.529. The van der Waals surface area contributed by atoms with E-state index in [2.05, 4.69) is 23.2 Å². The first-order chi connectivity index (χ1) is 11.3. The van der Waals surface area contributed by atoms with Gasteiger partial charge in [-0.25, -0.2) is 0 Å². The Morgan fingerprint density at radius 2 is 2.04 bits per heavy atom. The van der Waals surface area contributed by atoms with Gasteiger partial charge in [0, 0.05) is 18.7 Å². The van der Waals surface area contributed by atoms with Gasteiger partial charge in [-0.3, -0.25) is 0 Å². The smallest absolute Gasteiger partial charge is 0.318 e. The molecule has 0 N–H and O–H groups in total. The van der Waals surface area contributed by atoms with Gasteiger partial charge in [0.2, 0.25) is 5.89 Å². The monoisotopic (exact) mass is 317 g/mol. The summed E-state index contributed by atoms with van der Waals surface area (Å²) in [5, 5.41) is 8.33. The molecule has 1 aliphatic heterocycles. The standard InChI is InChI=1S/C17H23N3O3/c1-3-4-5-13-6-7-14(12-15(13)21-2)16-18-19-17(23-16)20-8-10-22-11-9-20/h6-7,12H,3-5,8-11H2,1-2H3. The first-order valence-electron chi connectivity index (χ1n) is 8.15. The number of morpholine rings is 1. The van der Waals surface area contributed by atoms with Crippen LogP contribution in [0.25, 0.3) is 11.5 Å². The maximum absolute atomic E-state index is 5.82. The van der Waals surface area contributed by atoms with Crippen LogP contribution in [0.15, 0.2) is 22.6 Å². The van der Waals surface area contributed by atoms with Crippen molar-refractivity contribution in [3.63, 3.8) is 0 Å². The van der Waals surface area contributed by atoms with Crippen molar-refractivity contribution in [2.75, 3.05) is 38.3 Å². The Balaban J connectivity index is 1.79. The number of unbranched alkanes of at least 4 members (excludes halogenated alkanes) is 1. The number of nitrogens with zero attached hydrogens (tertiary/aromatic N) is 3. The van der Waals surface area contributed by atoms with Gasteiger partial charge in [0.05, 0.1) is 20.3 Å². The summed E-state index contributed by atoms with van der Waals surface area (Å²) < 4.78 is 16.7. The van der Waals surface area contributed by atoms with Crippen molar-refractivity contribution in [3.05, 3.63) is 23.8 Å².